The van der Waals surface area contributed by atoms with Crippen molar-refractivity contribution in [3.05, 3.63) is 48.0 Å². The molecule has 8 nitrogen and oxygen atoms in total. The molecule has 3 aliphatic heterocycles. The van der Waals surface area contributed by atoms with Crippen molar-refractivity contribution < 1.29 is 18.0 Å². The van der Waals surface area contributed by atoms with Gasteiger partial charge < -0.3 is 9.80 Å². The molecule has 0 spiro atoms. The molecule has 0 radical (unpaired) electrons. The number of aromatic nitrogens is 5. The fourth-order valence-corrected chi connectivity index (χ4v) is 3.86. The lowest BCUT2D eigenvalue weighted by Gasteiger charge is -2.56. The third-order valence-electron chi connectivity index (χ3n) is 5.16. The summed E-state index contributed by atoms with van der Waals surface area (Å²) in [6.45, 7) is 1.11. The van der Waals surface area contributed by atoms with Crippen LogP contribution in [0.5, 0.6) is 0 Å². The monoisotopic (exact) mass is 389 g/mol. The second-order valence-corrected chi connectivity index (χ2v) is 6.89. The van der Waals surface area contributed by atoms with Gasteiger partial charge in [0.25, 0.3) is 5.91 Å². The molecule has 0 aliphatic carbocycles. The normalized spacial score (nSPS) is 21.7. The van der Waals surface area contributed by atoms with Crippen molar-refractivity contribution in [3.63, 3.8) is 0 Å². The standard InChI is InChI=1S/C17H14F3N7O/c18-17(19,20)13-3-1-2-12(22-13)16(28)27-10-6-11(27)8-25(7-10)15-5-4-14-23-21-9-26(14)24-15/h1-5,9-11H,6-8H2. The molecule has 6 heterocycles. The van der Waals surface area contributed by atoms with Gasteiger partial charge in [0, 0.05) is 13.1 Å². The van der Waals surface area contributed by atoms with Crippen molar-refractivity contribution in [1.82, 2.24) is 29.7 Å². The molecule has 6 rings (SSSR count). The van der Waals surface area contributed by atoms with Crippen LogP contribution in [0.4, 0.5) is 19.0 Å². The first-order chi connectivity index (χ1) is 13.4. The molecule has 2 unspecified atom stereocenters. The number of amides is 1. The number of rotatable bonds is 2. The van der Waals surface area contributed by atoms with Gasteiger partial charge in [-0.2, -0.15) is 17.7 Å². The topological polar surface area (TPSA) is 79.5 Å². The van der Waals surface area contributed by atoms with E-state index >= 15 is 0 Å². The van der Waals surface area contributed by atoms with Gasteiger partial charge in [-0.3, -0.25) is 4.79 Å². The van der Waals surface area contributed by atoms with Gasteiger partial charge in [-0.1, -0.05) is 6.07 Å². The van der Waals surface area contributed by atoms with Gasteiger partial charge in [0.15, 0.2) is 5.65 Å². The van der Waals surface area contributed by atoms with Crippen LogP contribution in [0.3, 0.4) is 0 Å². The molecule has 2 bridgehead atoms. The number of piperazine rings is 1. The Morgan fingerprint density at radius 2 is 1.89 bits per heavy atom. The van der Waals surface area contributed by atoms with E-state index in [1.807, 2.05) is 12.1 Å². The number of hydrogen-bond donors (Lipinski definition) is 0. The van der Waals surface area contributed by atoms with E-state index in [0.717, 1.165) is 18.3 Å². The van der Waals surface area contributed by atoms with Gasteiger partial charge in [-0.15, -0.1) is 15.3 Å². The minimum Gasteiger partial charge on any atom is -0.351 e. The number of anilines is 1. The minimum absolute atomic E-state index is 0.0824. The molecule has 3 fully saturated rings. The fraction of sp³-hybridized carbons (Fsp3) is 0.353. The van der Waals surface area contributed by atoms with Crippen LogP contribution < -0.4 is 4.90 Å². The van der Waals surface area contributed by atoms with E-state index in [0.29, 0.717) is 18.7 Å². The first-order valence-corrected chi connectivity index (χ1v) is 8.69. The molecule has 144 valence electrons. The molecule has 1 amide bonds. The molecule has 3 aromatic rings. The van der Waals surface area contributed by atoms with Crippen molar-refractivity contribution in [2.24, 2.45) is 0 Å². The summed E-state index contributed by atoms with van der Waals surface area (Å²) in [6, 6.07) is 6.89. The molecule has 3 saturated heterocycles. The average molecular weight is 389 g/mol. The Hall–Kier alpha value is -3.24. The number of carbonyl (C=O) groups is 1. The SMILES string of the molecule is O=C(c1cccc(C(F)(F)F)n1)N1C2CC1CN(c1ccc3nncn3n1)C2. The van der Waals surface area contributed by atoms with E-state index < -0.39 is 17.8 Å². The number of carbonyl (C=O) groups excluding carboxylic acids is 1. The lowest BCUT2D eigenvalue weighted by Crippen LogP contribution is -2.70. The van der Waals surface area contributed by atoms with Crippen LogP contribution in [0, 0.1) is 0 Å². The van der Waals surface area contributed by atoms with Gasteiger partial charge >= 0.3 is 6.18 Å². The third kappa shape index (κ3) is 2.65. The first-order valence-electron chi connectivity index (χ1n) is 8.69. The Morgan fingerprint density at radius 1 is 1.11 bits per heavy atom. The van der Waals surface area contributed by atoms with Crippen molar-refractivity contribution in [3.8, 4) is 0 Å². The highest BCUT2D eigenvalue weighted by molar-refractivity contribution is 5.93. The number of nitrogens with zero attached hydrogens (tertiary/aromatic N) is 7. The zero-order valence-corrected chi connectivity index (χ0v) is 14.4. The quantitative estimate of drug-likeness (QED) is 0.663. The summed E-state index contributed by atoms with van der Waals surface area (Å²) in [7, 11) is 0. The van der Waals surface area contributed by atoms with E-state index in [-0.39, 0.29) is 17.8 Å². The number of piperidine rings is 1. The van der Waals surface area contributed by atoms with Crippen molar-refractivity contribution >= 4 is 17.4 Å². The molecule has 3 aromatic heterocycles. The maximum absolute atomic E-state index is 12.9. The average Bonchev–Trinajstić information content (AvgIpc) is 3.15. The zero-order chi connectivity index (χ0) is 19.5. The fourth-order valence-electron chi connectivity index (χ4n) is 3.86. The smallest absolute Gasteiger partial charge is 0.351 e. The highest BCUT2D eigenvalue weighted by Crippen LogP contribution is 2.35. The van der Waals surface area contributed by atoms with Crippen LogP contribution in [-0.4, -0.2) is 60.8 Å². The van der Waals surface area contributed by atoms with Crippen LogP contribution in [0.15, 0.2) is 36.7 Å². The van der Waals surface area contributed by atoms with Gasteiger partial charge in [-0.25, -0.2) is 4.98 Å². The Bertz CT molecular complexity index is 1050. The molecule has 0 N–H and O–H groups in total. The van der Waals surface area contributed by atoms with Crippen LogP contribution >= 0.6 is 0 Å². The van der Waals surface area contributed by atoms with Gasteiger partial charge in [-0.05, 0) is 30.7 Å². The molecule has 2 atom stereocenters. The number of hydrogen-bond acceptors (Lipinski definition) is 6. The summed E-state index contributed by atoms with van der Waals surface area (Å²) in [5.74, 6) is 0.278. The van der Waals surface area contributed by atoms with Crippen LogP contribution in [0.1, 0.15) is 22.6 Å². The second-order valence-electron chi connectivity index (χ2n) is 6.89. The second kappa shape index (κ2) is 5.88. The summed E-state index contributed by atoms with van der Waals surface area (Å²) in [4.78, 5) is 20.0. The molecule has 11 heteroatoms. The van der Waals surface area contributed by atoms with Gasteiger partial charge in [0.05, 0.1) is 12.1 Å². The number of fused-ring (bicyclic) bond motifs is 3. The molecular formula is C17H14F3N7O. The van der Waals surface area contributed by atoms with Crippen molar-refractivity contribution in [2.75, 3.05) is 18.0 Å². The summed E-state index contributed by atoms with van der Waals surface area (Å²) in [6.07, 6.45) is -2.25. The summed E-state index contributed by atoms with van der Waals surface area (Å²) >= 11 is 0. The van der Waals surface area contributed by atoms with E-state index in [2.05, 4.69) is 25.2 Å². The van der Waals surface area contributed by atoms with Crippen LogP contribution in [0.25, 0.3) is 5.65 Å². The Balaban J connectivity index is 1.34. The van der Waals surface area contributed by atoms with E-state index in [1.165, 1.54) is 18.5 Å². The predicted molar refractivity (Wildman–Crippen MR) is 90.6 cm³/mol. The molecule has 3 aliphatic rings. The Labute approximate surface area is 156 Å². The predicted octanol–water partition coefficient (Wildman–Crippen LogP) is 1.64. The first kappa shape index (κ1) is 16.9. The highest BCUT2D eigenvalue weighted by Gasteiger charge is 2.48. The molecular weight excluding hydrogens is 375 g/mol. The minimum atomic E-state index is -4.58. The molecule has 0 saturated carbocycles. The Kier molecular flexibility index (Phi) is 3.55. The van der Waals surface area contributed by atoms with Crippen molar-refractivity contribution in [2.45, 2.75) is 24.7 Å². The molecule has 28 heavy (non-hydrogen) atoms. The number of halogens is 3. The maximum atomic E-state index is 12.9. The zero-order valence-electron chi connectivity index (χ0n) is 14.4. The number of pyridine rings is 1. The summed E-state index contributed by atoms with van der Waals surface area (Å²) in [5, 5.41) is 12.2. The van der Waals surface area contributed by atoms with Crippen LogP contribution in [0.2, 0.25) is 0 Å². The highest BCUT2D eigenvalue weighted by atomic mass is 19.4. The van der Waals surface area contributed by atoms with E-state index in [1.54, 1.807) is 9.42 Å². The molecule has 0 aromatic carbocycles. The lowest BCUT2D eigenvalue weighted by molar-refractivity contribution is -0.141. The van der Waals surface area contributed by atoms with Crippen molar-refractivity contribution in [1.29, 1.82) is 0 Å². The Morgan fingerprint density at radius 3 is 2.64 bits per heavy atom. The van der Waals surface area contributed by atoms with Crippen LogP contribution in [-0.2, 0) is 6.18 Å². The third-order valence-corrected chi connectivity index (χ3v) is 5.16. The lowest BCUT2D eigenvalue weighted by atomic mass is 9.87. The largest absolute Gasteiger partial charge is 0.433 e. The van der Waals surface area contributed by atoms with E-state index in [9.17, 15) is 18.0 Å². The maximum Gasteiger partial charge on any atom is 0.433 e. The van der Waals surface area contributed by atoms with E-state index in [4.69, 9.17) is 0 Å². The summed E-state index contributed by atoms with van der Waals surface area (Å²) < 4.78 is 40.2. The summed E-state index contributed by atoms with van der Waals surface area (Å²) in [5.41, 5.74) is -0.600. The van der Waals surface area contributed by atoms with Gasteiger partial charge in [0.2, 0.25) is 0 Å². The number of alkyl halides is 3. The van der Waals surface area contributed by atoms with Gasteiger partial charge in [0.1, 0.15) is 23.5 Å².